The van der Waals surface area contributed by atoms with E-state index in [0.29, 0.717) is 18.3 Å². The van der Waals surface area contributed by atoms with Gasteiger partial charge in [0.2, 0.25) is 0 Å². The van der Waals surface area contributed by atoms with Crippen molar-refractivity contribution in [1.82, 2.24) is 9.97 Å². The van der Waals surface area contributed by atoms with E-state index in [4.69, 9.17) is 11.5 Å². The molecule has 1 aliphatic rings. The zero-order valence-electron chi connectivity index (χ0n) is 7.53. The maximum absolute atomic E-state index is 5.77. The minimum absolute atomic E-state index is 0.564. The van der Waals surface area contributed by atoms with E-state index in [2.05, 4.69) is 9.97 Å². The summed E-state index contributed by atoms with van der Waals surface area (Å²) in [5.74, 6) is 2.06. The molecule has 0 spiro atoms. The van der Waals surface area contributed by atoms with E-state index in [9.17, 15) is 0 Å². The molecule has 0 bridgehead atoms. The van der Waals surface area contributed by atoms with Gasteiger partial charge < -0.3 is 11.5 Å². The Morgan fingerprint density at radius 3 is 2.77 bits per heavy atom. The molecule has 1 aromatic rings. The van der Waals surface area contributed by atoms with Crippen molar-refractivity contribution < 1.29 is 0 Å². The number of aromatic nitrogens is 2. The Balaban J connectivity index is 2.21. The predicted molar refractivity (Wildman–Crippen MR) is 51.2 cm³/mol. The summed E-state index contributed by atoms with van der Waals surface area (Å²) >= 11 is 0. The summed E-state index contributed by atoms with van der Waals surface area (Å²) in [6, 6.07) is 0. The summed E-state index contributed by atoms with van der Waals surface area (Å²) < 4.78 is 0. The molecule has 1 aromatic heterocycles. The second-order valence-electron chi connectivity index (χ2n) is 3.45. The summed E-state index contributed by atoms with van der Waals surface area (Å²) in [4.78, 5) is 8.54. The molecule has 70 valence electrons. The molecule has 4 nitrogen and oxygen atoms in total. The number of hydrogen-bond donors (Lipinski definition) is 2. The SMILES string of the molecule is NCCc1cnc(C2CC2)nc1N. The van der Waals surface area contributed by atoms with Gasteiger partial charge in [-0.25, -0.2) is 9.97 Å². The van der Waals surface area contributed by atoms with Crippen LogP contribution in [0, 0.1) is 0 Å². The fourth-order valence-electron chi connectivity index (χ4n) is 1.32. The van der Waals surface area contributed by atoms with Crippen molar-refractivity contribution in [2.45, 2.75) is 25.2 Å². The Labute approximate surface area is 77.4 Å². The minimum atomic E-state index is 0.564. The molecule has 1 fully saturated rings. The molecule has 4 N–H and O–H groups in total. The number of nitrogen functional groups attached to an aromatic ring is 1. The molecule has 0 atom stereocenters. The highest BCUT2D eigenvalue weighted by Gasteiger charge is 2.26. The van der Waals surface area contributed by atoms with Gasteiger partial charge in [-0.3, -0.25) is 0 Å². The number of nitrogens with zero attached hydrogens (tertiary/aromatic N) is 2. The van der Waals surface area contributed by atoms with Crippen LogP contribution in [-0.2, 0) is 6.42 Å². The maximum atomic E-state index is 5.77. The lowest BCUT2D eigenvalue weighted by Crippen LogP contribution is -2.08. The molecule has 0 amide bonds. The average Bonchev–Trinajstić information content (AvgIpc) is 2.91. The third kappa shape index (κ3) is 1.78. The normalized spacial score (nSPS) is 16.1. The van der Waals surface area contributed by atoms with E-state index in [1.807, 2.05) is 6.20 Å². The highest BCUT2D eigenvalue weighted by Crippen LogP contribution is 2.38. The maximum Gasteiger partial charge on any atom is 0.133 e. The molecule has 0 aliphatic heterocycles. The Hall–Kier alpha value is -1.16. The fraction of sp³-hybridized carbons (Fsp3) is 0.556. The molecule has 0 unspecified atom stereocenters. The van der Waals surface area contributed by atoms with Crippen LogP contribution in [0.3, 0.4) is 0 Å². The van der Waals surface area contributed by atoms with Gasteiger partial charge in [0.25, 0.3) is 0 Å². The van der Waals surface area contributed by atoms with E-state index in [1.54, 1.807) is 0 Å². The van der Waals surface area contributed by atoms with Crippen LogP contribution in [0.25, 0.3) is 0 Å². The molecule has 0 aromatic carbocycles. The van der Waals surface area contributed by atoms with Crippen molar-refractivity contribution in [1.29, 1.82) is 0 Å². The molecule has 4 heteroatoms. The highest BCUT2D eigenvalue weighted by atomic mass is 15.0. The molecule has 1 aliphatic carbocycles. The van der Waals surface area contributed by atoms with Crippen molar-refractivity contribution in [2.75, 3.05) is 12.3 Å². The summed E-state index contributed by atoms with van der Waals surface area (Å²) in [7, 11) is 0. The number of hydrogen-bond acceptors (Lipinski definition) is 4. The quantitative estimate of drug-likeness (QED) is 0.704. The van der Waals surface area contributed by atoms with Gasteiger partial charge in [-0.15, -0.1) is 0 Å². The lowest BCUT2D eigenvalue weighted by molar-refractivity contribution is 0.889. The monoisotopic (exact) mass is 178 g/mol. The van der Waals surface area contributed by atoms with Gasteiger partial charge in [-0.1, -0.05) is 0 Å². The molecule has 13 heavy (non-hydrogen) atoms. The predicted octanol–water partition coefficient (Wildman–Crippen LogP) is 0.437. The van der Waals surface area contributed by atoms with E-state index < -0.39 is 0 Å². The molecule has 0 saturated heterocycles. The van der Waals surface area contributed by atoms with Gasteiger partial charge in [0, 0.05) is 17.7 Å². The summed E-state index contributed by atoms with van der Waals surface area (Å²) in [5, 5.41) is 0. The largest absolute Gasteiger partial charge is 0.383 e. The standard InChI is InChI=1S/C9H14N4/c10-4-3-7-5-12-9(6-1-2-6)13-8(7)11/h5-6H,1-4,10H2,(H2,11,12,13). The lowest BCUT2D eigenvalue weighted by Gasteiger charge is -2.04. The molecular weight excluding hydrogens is 164 g/mol. The summed E-state index contributed by atoms with van der Waals surface area (Å²) in [6.45, 7) is 0.594. The first-order chi connectivity index (χ1) is 6.31. The van der Waals surface area contributed by atoms with Crippen LogP contribution in [0.4, 0.5) is 5.82 Å². The zero-order chi connectivity index (χ0) is 9.26. The average molecular weight is 178 g/mol. The van der Waals surface area contributed by atoms with Crippen molar-refractivity contribution >= 4 is 5.82 Å². The van der Waals surface area contributed by atoms with Crippen LogP contribution in [0.1, 0.15) is 30.1 Å². The number of rotatable bonds is 3. The first kappa shape index (κ1) is 8.44. The van der Waals surface area contributed by atoms with Crippen LogP contribution in [0.5, 0.6) is 0 Å². The van der Waals surface area contributed by atoms with E-state index in [-0.39, 0.29) is 0 Å². The van der Waals surface area contributed by atoms with Gasteiger partial charge >= 0.3 is 0 Å². The molecule has 1 heterocycles. The Morgan fingerprint density at radius 1 is 1.46 bits per heavy atom. The Kier molecular flexibility index (Phi) is 2.14. The van der Waals surface area contributed by atoms with Crippen molar-refractivity contribution in [3.05, 3.63) is 17.6 Å². The van der Waals surface area contributed by atoms with Crippen molar-refractivity contribution in [2.24, 2.45) is 5.73 Å². The first-order valence-electron chi connectivity index (χ1n) is 4.62. The van der Waals surface area contributed by atoms with Crippen LogP contribution in [-0.4, -0.2) is 16.5 Å². The second-order valence-corrected chi connectivity index (χ2v) is 3.45. The topological polar surface area (TPSA) is 77.8 Å². The van der Waals surface area contributed by atoms with E-state index in [0.717, 1.165) is 17.8 Å². The van der Waals surface area contributed by atoms with E-state index in [1.165, 1.54) is 12.8 Å². The Bertz CT molecular complexity index is 306. The third-order valence-electron chi connectivity index (χ3n) is 2.27. The van der Waals surface area contributed by atoms with Gasteiger partial charge in [0.15, 0.2) is 0 Å². The molecular formula is C9H14N4. The van der Waals surface area contributed by atoms with Crippen LogP contribution < -0.4 is 11.5 Å². The minimum Gasteiger partial charge on any atom is -0.383 e. The van der Waals surface area contributed by atoms with Gasteiger partial charge in [-0.05, 0) is 25.8 Å². The van der Waals surface area contributed by atoms with Crippen molar-refractivity contribution in [3.63, 3.8) is 0 Å². The second kappa shape index (κ2) is 3.30. The van der Waals surface area contributed by atoms with E-state index >= 15 is 0 Å². The molecule has 0 radical (unpaired) electrons. The summed E-state index contributed by atoms with van der Waals surface area (Å²) in [5.41, 5.74) is 12.2. The van der Waals surface area contributed by atoms with Crippen LogP contribution in [0.15, 0.2) is 6.20 Å². The fourth-order valence-corrected chi connectivity index (χ4v) is 1.32. The van der Waals surface area contributed by atoms with Crippen LogP contribution >= 0.6 is 0 Å². The highest BCUT2D eigenvalue weighted by molar-refractivity contribution is 5.38. The Morgan fingerprint density at radius 2 is 2.23 bits per heavy atom. The molecule has 1 saturated carbocycles. The smallest absolute Gasteiger partial charge is 0.133 e. The van der Waals surface area contributed by atoms with Crippen molar-refractivity contribution in [3.8, 4) is 0 Å². The number of anilines is 1. The summed E-state index contributed by atoms with van der Waals surface area (Å²) in [6.07, 6.45) is 4.98. The lowest BCUT2D eigenvalue weighted by atomic mass is 10.2. The number of nitrogens with two attached hydrogens (primary N) is 2. The molecule has 2 rings (SSSR count). The van der Waals surface area contributed by atoms with Gasteiger partial charge in [-0.2, -0.15) is 0 Å². The zero-order valence-corrected chi connectivity index (χ0v) is 7.53. The van der Waals surface area contributed by atoms with Gasteiger partial charge in [0.05, 0.1) is 0 Å². The van der Waals surface area contributed by atoms with Gasteiger partial charge in [0.1, 0.15) is 11.6 Å². The van der Waals surface area contributed by atoms with Crippen LogP contribution in [0.2, 0.25) is 0 Å². The third-order valence-corrected chi connectivity index (χ3v) is 2.27. The first-order valence-corrected chi connectivity index (χ1v) is 4.62.